The van der Waals surface area contributed by atoms with Gasteiger partial charge in [-0.25, -0.2) is 9.59 Å². The number of amides is 2. The lowest BCUT2D eigenvalue weighted by Gasteiger charge is -2.20. The Labute approximate surface area is 124 Å². The largest absolute Gasteiger partial charge is 0.496 e. The molecule has 2 amide bonds. The van der Waals surface area contributed by atoms with Crippen molar-refractivity contribution in [3.8, 4) is 5.75 Å². The summed E-state index contributed by atoms with van der Waals surface area (Å²) in [5.41, 5.74) is 0.825. The summed E-state index contributed by atoms with van der Waals surface area (Å²) >= 11 is 0. The number of ether oxygens (including phenoxy) is 1. The molecule has 0 heterocycles. The van der Waals surface area contributed by atoms with Crippen LogP contribution in [0.15, 0.2) is 24.3 Å². The van der Waals surface area contributed by atoms with E-state index in [-0.39, 0.29) is 12.5 Å². The molecule has 0 aliphatic carbocycles. The Kier molecular flexibility index (Phi) is 6.52. The molecule has 1 aromatic rings. The number of carboxylic acid groups (broad SMARTS) is 1. The fourth-order valence-electron chi connectivity index (χ4n) is 1.90. The van der Waals surface area contributed by atoms with E-state index in [1.165, 1.54) is 0 Å². The van der Waals surface area contributed by atoms with Gasteiger partial charge in [0, 0.05) is 12.1 Å². The second kappa shape index (κ2) is 8.14. The zero-order chi connectivity index (χ0) is 15.8. The summed E-state index contributed by atoms with van der Waals surface area (Å²) in [6.45, 7) is 3.94. The summed E-state index contributed by atoms with van der Waals surface area (Å²) in [6.07, 6.45) is 0.670. The molecule has 0 aliphatic heterocycles. The Morgan fingerprint density at radius 3 is 2.57 bits per heavy atom. The van der Waals surface area contributed by atoms with Crippen LogP contribution in [0, 0.1) is 5.92 Å². The van der Waals surface area contributed by atoms with Gasteiger partial charge in [0.15, 0.2) is 0 Å². The fourth-order valence-corrected chi connectivity index (χ4v) is 1.90. The zero-order valence-corrected chi connectivity index (χ0v) is 12.6. The van der Waals surface area contributed by atoms with Gasteiger partial charge >= 0.3 is 12.0 Å². The molecule has 21 heavy (non-hydrogen) atoms. The fraction of sp³-hybridized carbons (Fsp3) is 0.467. The van der Waals surface area contributed by atoms with Crippen molar-refractivity contribution in [2.75, 3.05) is 7.11 Å². The molecule has 0 saturated heterocycles. The van der Waals surface area contributed by atoms with Crippen molar-refractivity contribution in [1.29, 1.82) is 0 Å². The molecule has 116 valence electrons. The molecule has 1 rings (SSSR count). The molecule has 1 aromatic carbocycles. The van der Waals surface area contributed by atoms with Gasteiger partial charge in [0.2, 0.25) is 0 Å². The van der Waals surface area contributed by atoms with E-state index >= 15 is 0 Å². The number of hydrogen-bond donors (Lipinski definition) is 3. The van der Waals surface area contributed by atoms with Crippen LogP contribution in [0.25, 0.3) is 0 Å². The quantitative estimate of drug-likeness (QED) is 0.717. The van der Waals surface area contributed by atoms with Gasteiger partial charge in [0.1, 0.15) is 11.8 Å². The number of aliphatic carboxylic acids is 1. The van der Waals surface area contributed by atoms with Gasteiger partial charge in [-0.05, 0) is 12.0 Å². The number of para-hydroxylation sites is 1. The monoisotopic (exact) mass is 294 g/mol. The number of benzene rings is 1. The van der Waals surface area contributed by atoms with Crippen LogP contribution in [-0.2, 0) is 11.3 Å². The van der Waals surface area contributed by atoms with Crippen LogP contribution in [-0.4, -0.2) is 30.3 Å². The van der Waals surface area contributed by atoms with Gasteiger partial charge < -0.3 is 20.5 Å². The highest BCUT2D eigenvalue weighted by Crippen LogP contribution is 2.16. The maximum atomic E-state index is 11.8. The molecule has 0 saturated carbocycles. The molecule has 0 aliphatic rings. The Hall–Kier alpha value is -2.24. The average molecular weight is 294 g/mol. The minimum atomic E-state index is -1.03. The van der Waals surface area contributed by atoms with E-state index < -0.39 is 18.0 Å². The first-order valence-corrected chi connectivity index (χ1v) is 6.88. The van der Waals surface area contributed by atoms with E-state index in [4.69, 9.17) is 9.84 Å². The molecule has 0 radical (unpaired) electrons. The first-order valence-electron chi connectivity index (χ1n) is 6.88. The van der Waals surface area contributed by atoms with Crippen molar-refractivity contribution in [1.82, 2.24) is 10.6 Å². The third-order valence-corrected chi connectivity index (χ3v) is 3.40. The predicted octanol–water partition coefficient (Wildman–Crippen LogP) is 1.99. The molecular formula is C15H22N2O4. The number of hydrogen-bond acceptors (Lipinski definition) is 3. The van der Waals surface area contributed by atoms with Crippen molar-refractivity contribution >= 4 is 12.0 Å². The van der Waals surface area contributed by atoms with Crippen LogP contribution in [0.3, 0.4) is 0 Å². The highest BCUT2D eigenvalue weighted by molar-refractivity contribution is 5.82. The molecule has 6 nitrogen and oxygen atoms in total. The molecule has 2 atom stereocenters. The van der Waals surface area contributed by atoms with E-state index in [0.717, 1.165) is 5.56 Å². The van der Waals surface area contributed by atoms with Gasteiger partial charge in [-0.1, -0.05) is 38.5 Å². The van der Waals surface area contributed by atoms with Crippen molar-refractivity contribution in [2.45, 2.75) is 32.9 Å². The van der Waals surface area contributed by atoms with Gasteiger partial charge in [0.25, 0.3) is 0 Å². The normalized spacial score (nSPS) is 13.1. The smallest absolute Gasteiger partial charge is 0.326 e. The van der Waals surface area contributed by atoms with Crippen LogP contribution in [0.2, 0.25) is 0 Å². The molecule has 0 unspecified atom stereocenters. The summed E-state index contributed by atoms with van der Waals surface area (Å²) in [7, 11) is 1.56. The summed E-state index contributed by atoms with van der Waals surface area (Å²) < 4.78 is 5.19. The summed E-state index contributed by atoms with van der Waals surface area (Å²) in [6, 6.07) is 5.92. The number of carboxylic acids is 1. The third-order valence-electron chi connectivity index (χ3n) is 3.40. The zero-order valence-electron chi connectivity index (χ0n) is 12.6. The number of rotatable bonds is 7. The average Bonchev–Trinajstić information content (AvgIpc) is 2.49. The van der Waals surface area contributed by atoms with E-state index in [9.17, 15) is 9.59 Å². The molecule has 0 fully saturated rings. The highest BCUT2D eigenvalue weighted by atomic mass is 16.5. The first kappa shape index (κ1) is 16.8. The van der Waals surface area contributed by atoms with Crippen molar-refractivity contribution in [3.05, 3.63) is 29.8 Å². The van der Waals surface area contributed by atoms with Crippen LogP contribution < -0.4 is 15.4 Å². The first-order chi connectivity index (χ1) is 9.99. The van der Waals surface area contributed by atoms with E-state index in [1.54, 1.807) is 20.1 Å². The Bertz CT molecular complexity index is 490. The van der Waals surface area contributed by atoms with Crippen molar-refractivity contribution < 1.29 is 19.4 Å². The standard InChI is InChI=1S/C15H22N2O4/c1-4-10(2)13(14(18)19)17-15(20)16-9-11-7-5-6-8-12(11)21-3/h5-8,10,13H,4,9H2,1-3H3,(H,18,19)(H2,16,17,20)/t10-,13+/m1/s1. The summed E-state index contributed by atoms with van der Waals surface area (Å²) in [4.78, 5) is 23.0. The number of carbonyl (C=O) groups is 2. The van der Waals surface area contributed by atoms with Crippen LogP contribution >= 0.6 is 0 Å². The van der Waals surface area contributed by atoms with Crippen molar-refractivity contribution in [3.63, 3.8) is 0 Å². The van der Waals surface area contributed by atoms with Gasteiger partial charge in [0.05, 0.1) is 7.11 Å². The summed E-state index contributed by atoms with van der Waals surface area (Å²) in [5.74, 6) is -0.495. The number of methoxy groups -OCH3 is 1. The van der Waals surface area contributed by atoms with Crippen molar-refractivity contribution in [2.24, 2.45) is 5.92 Å². The lowest BCUT2D eigenvalue weighted by molar-refractivity contribution is -0.140. The Morgan fingerprint density at radius 1 is 1.33 bits per heavy atom. The van der Waals surface area contributed by atoms with Crippen LogP contribution in [0.4, 0.5) is 4.79 Å². The number of urea groups is 1. The maximum Gasteiger partial charge on any atom is 0.326 e. The summed E-state index contributed by atoms with van der Waals surface area (Å²) in [5, 5.41) is 14.3. The lowest BCUT2D eigenvalue weighted by Crippen LogP contribution is -2.48. The minimum absolute atomic E-state index is 0.139. The molecule has 0 bridgehead atoms. The highest BCUT2D eigenvalue weighted by Gasteiger charge is 2.25. The second-order valence-electron chi connectivity index (χ2n) is 4.84. The number of carbonyl (C=O) groups excluding carboxylic acids is 1. The third kappa shape index (κ3) is 4.98. The SMILES string of the molecule is CC[C@@H](C)[C@H](NC(=O)NCc1ccccc1OC)C(=O)O. The Morgan fingerprint density at radius 2 is 2.00 bits per heavy atom. The lowest BCUT2D eigenvalue weighted by atomic mass is 9.99. The minimum Gasteiger partial charge on any atom is -0.496 e. The van der Waals surface area contributed by atoms with Crippen LogP contribution in [0.1, 0.15) is 25.8 Å². The van der Waals surface area contributed by atoms with Gasteiger partial charge in [-0.2, -0.15) is 0 Å². The number of nitrogens with one attached hydrogen (secondary N) is 2. The molecule has 0 aromatic heterocycles. The maximum absolute atomic E-state index is 11.8. The second-order valence-corrected chi connectivity index (χ2v) is 4.84. The molecule has 0 spiro atoms. The van der Waals surface area contributed by atoms with E-state index in [2.05, 4.69) is 10.6 Å². The Balaban J connectivity index is 2.59. The van der Waals surface area contributed by atoms with E-state index in [1.807, 2.05) is 25.1 Å². The van der Waals surface area contributed by atoms with Gasteiger partial charge in [-0.15, -0.1) is 0 Å². The van der Waals surface area contributed by atoms with E-state index in [0.29, 0.717) is 12.2 Å². The molecular weight excluding hydrogens is 272 g/mol. The predicted molar refractivity (Wildman–Crippen MR) is 79.2 cm³/mol. The topological polar surface area (TPSA) is 87.7 Å². The van der Waals surface area contributed by atoms with Crippen LogP contribution in [0.5, 0.6) is 5.75 Å². The molecule has 6 heteroatoms. The van der Waals surface area contributed by atoms with Gasteiger partial charge in [-0.3, -0.25) is 0 Å². The molecule has 3 N–H and O–H groups in total.